The van der Waals surface area contributed by atoms with Gasteiger partial charge in [0.15, 0.2) is 0 Å². The van der Waals surface area contributed by atoms with Crippen LogP contribution in [0, 0.1) is 0 Å². The van der Waals surface area contributed by atoms with Gasteiger partial charge in [0.1, 0.15) is 0 Å². The molecule has 0 spiro atoms. The second-order valence-electron chi connectivity index (χ2n) is 6.41. The quantitative estimate of drug-likeness (QED) is 0.194. The average Bonchev–Trinajstić information content (AvgIpc) is 2.69. The lowest BCUT2D eigenvalue weighted by molar-refractivity contribution is 1.55. The molecule has 0 aliphatic heterocycles. The zero-order valence-corrected chi connectivity index (χ0v) is 24.0. The summed E-state index contributed by atoms with van der Waals surface area (Å²) in [7, 11) is 1.01. The summed E-state index contributed by atoms with van der Waals surface area (Å²) in [6.07, 6.45) is 0. The van der Waals surface area contributed by atoms with Crippen molar-refractivity contribution in [1.82, 2.24) is 0 Å². The minimum Gasteiger partial charge on any atom is -0.0622 e. The summed E-state index contributed by atoms with van der Waals surface area (Å²) < 4.78 is 4.52. The van der Waals surface area contributed by atoms with E-state index in [4.69, 9.17) is 0 Å². The third-order valence-electron chi connectivity index (χ3n) is 4.33. The highest BCUT2D eigenvalue weighted by molar-refractivity contribution is 9.11. The molecule has 0 atom stereocenters. The van der Waals surface area contributed by atoms with Crippen LogP contribution in [0.25, 0.3) is 22.3 Å². The summed E-state index contributed by atoms with van der Waals surface area (Å²) in [5.41, 5.74) is 5.01. The smallest absolute Gasteiger partial charge is 0.0394 e. The van der Waals surface area contributed by atoms with Gasteiger partial charge in [0.05, 0.1) is 0 Å². The fraction of sp³-hybridized carbons (Fsp3) is 0. The van der Waals surface area contributed by atoms with Crippen LogP contribution in [0.1, 0.15) is 0 Å². The lowest BCUT2D eigenvalue weighted by Gasteiger charge is -2.16. The van der Waals surface area contributed by atoms with E-state index >= 15 is 0 Å². The maximum Gasteiger partial charge on any atom is 0.0394 e. The van der Waals surface area contributed by atoms with E-state index < -0.39 is 0 Å². The van der Waals surface area contributed by atoms with Gasteiger partial charge in [0, 0.05) is 33.7 Å². The molecule has 0 N–H and O–H groups in total. The Hall–Kier alpha value is -0.983. The number of halogens is 4. The van der Waals surface area contributed by atoms with Gasteiger partial charge in [-0.25, -0.2) is 0 Å². The first-order chi connectivity index (χ1) is 14.0. The van der Waals surface area contributed by atoms with Crippen molar-refractivity contribution in [3.8, 4) is 22.3 Å². The highest BCUT2D eigenvalue weighted by Gasteiger charge is 2.15. The minimum atomic E-state index is 1.01. The van der Waals surface area contributed by atoms with E-state index in [9.17, 15) is 0 Å². The Labute approximate surface area is 208 Å². The number of rotatable bonds is 2. The summed E-state index contributed by atoms with van der Waals surface area (Å²) in [6.45, 7) is 0. The maximum atomic E-state index is 3.85. The van der Waals surface area contributed by atoms with Crippen LogP contribution in [0.15, 0.2) is 109 Å². The molecule has 4 aromatic carbocycles. The third-order valence-corrected chi connectivity index (χ3v) is 7.52. The molecule has 0 bridgehead atoms. The second-order valence-corrected chi connectivity index (χ2v) is 11.0. The molecule has 0 heterocycles. The Morgan fingerprint density at radius 3 is 1.45 bits per heavy atom. The van der Waals surface area contributed by atoms with E-state index in [2.05, 4.69) is 124 Å². The Morgan fingerprint density at radius 1 is 0.517 bits per heavy atom. The molecule has 0 aromatic heterocycles. The molecule has 0 aliphatic carbocycles. The molecule has 29 heavy (non-hydrogen) atoms. The van der Waals surface area contributed by atoms with Crippen molar-refractivity contribution in [2.24, 2.45) is 0 Å². The Kier molecular flexibility index (Phi) is 8.51. The molecular weight excluding hydrogens is 636 g/mol. The van der Waals surface area contributed by atoms with Crippen LogP contribution in [0.3, 0.4) is 0 Å². The highest BCUT2D eigenvalue weighted by atomic mass is 79.9. The topological polar surface area (TPSA) is 0 Å². The number of hydrogen-bond donors (Lipinski definition) is 0. The SMILES string of the molecule is Brc1cccc(Br)c1.[SiH3]c1cc(Br)c(-c2ccccc2)c(Br)c1-c1ccccc1. The predicted octanol–water partition coefficient (Wildman–Crippen LogP) is 7.75. The van der Waals surface area contributed by atoms with Gasteiger partial charge in [-0.1, -0.05) is 120 Å². The van der Waals surface area contributed by atoms with E-state index in [0.717, 1.165) is 23.7 Å². The molecule has 0 fully saturated rings. The molecule has 5 heteroatoms. The normalized spacial score (nSPS) is 10.3. The second kappa shape index (κ2) is 10.9. The summed E-state index contributed by atoms with van der Waals surface area (Å²) in [6, 6.07) is 31.3. The Balaban J connectivity index is 0.000000252. The molecule has 4 rings (SSSR count). The van der Waals surface area contributed by atoms with Crippen LogP contribution in [-0.2, 0) is 0 Å². The Bertz CT molecular complexity index is 1020. The molecule has 0 aliphatic rings. The number of hydrogen-bond acceptors (Lipinski definition) is 0. The van der Waals surface area contributed by atoms with Crippen LogP contribution < -0.4 is 5.19 Å². The largest absolute Gasteiger partial charge is 0.0622 e. The van der Waals surface area contributed by atoms with E-state index in [-0.39, 0.29) is 0 Å². The van der Waals surface area contributed by atoms with Crippen LogP contribution in [-0.4, -0.2) is 10.2 Å². The van der Waals surface area contributed by atoms with Crippen LogP contribution in [0.5, 0.6) is 0 Å². The van der Waals surface area contributed by atoms with Crippen molar-refractivity contribution in [3.05, 3.63) is 109 Å². The highest BCUT2D eigenvalue weighted by Crippen LogP contribution is 2.40. The van der Waals surface area contributed by atoms with Crippen molar-refractivity contribution in [2.45, 2.75) is 0 Å². The van der Waals surface area contributed by atoms with Gasteiger partial charge in [-0.2, -0.15) is 0 Å². The molecule has 0 nitrogen and oxygen atoms in total. The molecule has 0 radical (unpaired) electrons. The first-order valence-corrected chi connectivity index (χ1v) is 13.1. The van der Waals surface area contributed by atoms with Crippen molar-refractivity contribution < 1.29 is 0 Å². The van der Waals surface area contributed by atoms with E-state index in [1.54, 1.807) is 0 Å². The standard InChI is InChI=1S/C18H14Br2Si.C6H4Br2/c19-14-11-15(21)17(13-9-5-2-6-10-13)18(20)16(14)12-7-3-1-4-8-12;7-5-2-1-3-6(8)4-5/h1-11H,21H3;1-4H. The van der Waals surface area contributed by atoms with Gasteiger partial charge >= 0.3 is 0 Å². The average molecular weight is 654 g/mol. The number of benzene rings is 4. The van der Waals surface area contributed by atoms with Gasteiger partial charge in [-0.05, 0) is 56.9 Å². The van der Waals surface area contributed by atoms with Crippen molar-refractivity contribution in [3.63, 3.8) is 0 Å². The molecule has 146 valence electrons. The monoisotopic (exact) mass is 650 g/mol. The van der Waals surface area contributed by atoms with Gasteiger partial charge in [-0.15, -0.1) is 0 Å². The molecule has 0 unspecified atom stereocenters. The molecule has 0 saturated heterocycles. The first kappa shape index (κ1) is 22.7. The lowest BCUT2D eigenvalue weighted by Crippen LogP contribution is -2.09. The van der Waals surface area contributed by atoms with E-state index in [1.807, 2.05) is 30.3 Å². The first-order valence-electron chi connectivity index (χ1n) is 8.98. The van der Waals surface area contributed by atoms with Crippen molar-refractivity contribution in [1.29, 1.82) is 0 Å². The van der Waals surface area contributed by atoms with Gasteiger partial charge in [-0.3, -0.25) is 0 Å². The van der Waals surface area contributed by atoms with E-state index in [0.29, 0.717) is 0 Å². The third kappa shape index (κ3) is 6.02. The Morgan fingerprint density at radius 2 is 1.00 bits per heavy atom. The molecule has 0 saturated carbocycles. The molecule has 4 aromatic rings. The van der Waals surface area contributed by atoms with Crippen LogP contribution in [0.4, 0.5) is 0 Å². The van der Waals surface area contributed by atoms with Gasteiger partial charge in [0.25, 0.3) is 0 Å². The molecular formula is C24H18Br4Si. The minimum absolute atomic E-state index is 1.01. The fourth-order valence-corrected chi connectivity index (χ4v) is 7.77. The zero-order chi connectivity index (χ0) is 20.8. The van der Waals surface area contributed by atoms with Crippen molar-refractivity contribution in [2.75, 3.05) is 0 Å². The van der Waals surface area contributed by atoms with Crippen LogP contribution >= 0.6 is 63.7 Å². The predicted molar refractivity (Wildman–Crippen MR) is 144 cm³/mol. The van der Waals surface area contributed by atoms with Gasteiger partial charge < -0.3 is 0 Å². The summed E-state index contributed by atoms with van der Waals surface area (Å²) in [5.74, 6) is 0. The summed E-state index contributed by atoms with van der Waals surface area (Å²) in [5, 5.41) is 1.39. The van der Waals surface area contributed by atoms with E-state index in [1.165, 1.54) is 31.9 Å². The zero-order valence-electron chi connectivity index (χ0n) is 15.7. The summed E-state index contributed by atoms with van der Waals surface area (Å²) >= 11 is 14.2. The lowest BCUT2D eigenvalue weighted by atomic mass is 9.99. The molecule has 0 amide bonds. The van der Waals surface area contributed by atoms with Crippen molar-refractivity contribution >= 4 is 79.1 Å². The fourth-order valence-electron chi connectivity index (χ4n) is 3.03. The maximum absolute atomic E-state index is 3.85. The van der Waals surface area contributed by atoms with Crippen LogP contribution in [0.2, 0.25) is 0 Å². The van der Waals surface area contributed by atoms with Gasteiger partial charge in [0.2, 0.25) is 0 Å². The summed E-state index contributed by atoms with van der Waals surface area (Å²) in [4.78, 5) is 0.